The van der Waals surface area contributed by atoms with E-state index < -0.39 is 6.09 Å². The van der Waals surface area contributed by atoms with Crippen molar-refractivity contribution in [1.82, 2.24) is 10.3 Å². The first-order chi connectivity index (χ1) is 17.1. The van der Waals surface area contributed by atoms with Crippen molar-refractivity contribution < 1.29 is 19.1 Å². The smallest absolute Gasteiger partial charge is 0.415 e. The summed E-state index contributed by atoms with van der Waals surface area (Å²) in [5, 5.41) is 15.2. The Balaban J connectivity index is 1.14. The van der Waals surface area contributed by atoms with Gasteiger partial charge in [0.2, 0.25) is 0 Å². The zero-order valence-corrected chi connectivity index (χ0v) is 18.9. The molecule has 0 radical (unpaired) electrons. The number of ether oxygens (including phenoxy) is 2. The van der Waals surface area contributed by atoms with Crippen LogP contribution in [0.25, 0.3) is 11.1 Å². The number of amides is 2. The number of cyclic esters (lactones) is 1. The minimum Gasteiger partial charge on any atom is -0.480 e. The quantitative estimate of drug-likeness (QED) is 0.509. The predicted octanol–water partition coefficient (Wildman–Crippen LogP) is 3.46. The SMILES string of the molecule is N#Cc1cccc(-c2cccc(CNCC[C@H]3CN(c4ccc5c(n4)NC(=O)CO5)C(=O)O3)c2)c1. The van der Waals surface area contributed by atoms with Gasteiger partial charge in [-0.2, -0.15) is 5.26 Å². The molecule has 5 rings (SSSR count). The fourth-order valence-corrected chi connectivity index (χ4v) is 4.09. The molecule has 1 atom stereocenters. The van der Waals surface area contributed by atoms with Gasteiger partial charge in [-0.25, -0.2) is 9.78 Å². The lowest BCUT2D eigenvalue weighted by atomic mass is 10.0. The van der Waals surface area contributed by atoms with Crippen molar-refractivity contribution in [3.8, 4) is 22.9 Å². The number of anilines is 2. The van der Waals surface area contributed by atoms with E-state index >= 15 is 0 Å². The highest BCUT2D eigenvalue weighted by atomic mass is 16.6. The number of hydrogen-bond donors (Lipinski definition) is 2. The maximum Gasteiger partial charge on any atom is 0.415 e. The lowest BCUT2D eigenvalue weighted by Gasteiger charge is -2.19. The number of hydrogen-bond acceptors (Lipinski definition) is 7. The van der Waals surface area contributed by atoms with E-state index in [1.54, 1.807) is 18.2 Å². The van der Waals surface area contributed by atoms with Gasteiger partial charge in [0.25, 0.3) is 5.91 Å². The number of nitrogens with one attached hydrogen (secondary N) is 2. The Hall–Kier alpha value is -4.42. The Morgan fingerprint density at radius 1 is 1.11 bits per heavy atom. The summed E-state index contributed by atoms with van der Waals surface area (Å²) in [6.45, 7) is 1.67. The van der Waals surface area contributed by atoms with Gasteiger partial charge in [0.05, 0.1) is 18.2 Å². The Labute approximate surface area is 202 Å². The van der Waals surface area contributed by atoms with Gasteiger partial charge in [-0.15, -0.1) is 0 Å². The Morgan fingerprint density at radius 3 is 2.80 bits per heavy atom. The van der Waals surface area contributed by atoms with Crippen molar-refractivity contribution in [3.05, 3.63) is 71.8 Å². The molecule has 176 valence electrons. The second-order valence-electron chi connectivity index (χ2n) is 8.33. The third-order valence-electron chi connectivity index (χ3n) is 5.83. The van der Waals surface area contributed by atoms with Crippen LogP contribution < -0.4 is 20.3 Å². The topological polar surface area (TPSA) is 117 Å². The first-order valence-electron chi connectivity index (χ1n) is 11.3. The van der Waals surface area contributed by atoms with Gasteiger partial charge in [0, 0.05) is 6.54 Å². The van der Waals surface area contributed by atoms with Crippen LogP contribution in [0.1, 0.15) is 17.5 Å². The van der Waals surface area contributed by atoms with Gasteiger partial charge in [0.1, 0.15) is 11.9 Å². The monoisotopic (exact) mass is 469 g/mol. The number of aromatic nitrogens is 1. The largest absolute Gasteiger partial charge is 0.480 e. The molecule has 0 unspecified atom stereocenters. The zero-order valence-electron chi connectivity index (χ0n) is 18.9. The van der Waals surface area contributed by atoms with Gasteiger partial charge < -0.3 is 20.1 Å². The number of nitriles is 1. The average Bonchev–Trinajstić information content (AvgIpc) is 3.26. The summed E-state index contributed by atoms with van der Waals surface area (Å²) in [5.41, 5.74) is 3.82. The van der Waals surface area contributed by atoms with Crippen molar-refractivity contribution in [2.45, 2.75) is 19.1 Å². The normalized spacial score (nSPS) is 16.7. The zero-order chi connectivity index (χ0) is 24.2. The van der Waals surface area contributed by atoms with Crippen molar-refractivity contribution in [2.24, 2.45) is 0 Å². The second kappa shape index (κ2) is 9.83. The molecule has 2 aliphatic heterocycles. The van der Waals surface area contributed by atoms with Crippen LogP contribution in [-0.4, -0.2) is 42.8 Å². The summed E-state index contributed by atoms with van der Waals surface area (Å²) in [5.74, 6) is 0.908. The van der Waals surface area contributed by atoms with E-state index in [0.29, 0.717) is 49.0 Å². The minimum absolute atomic E-state index is 0.0481. The molecular weight excluding hydrogens is 446 g/mol. The van der Waals surface area contributed by atoms with E-state index in [2.05, 4.69) is 27.8 Å². The molecule has 2 aromatic carbocycles. The van der Waals surface area contributed by atoms with Crippen molar-refractivity contribution >= 4 is 23.6 Å². The molecule has 3 aromatic rings. The fraction of sp³-hybridized carbons (Fsp3) is 0.231. The Morgan fingerprint density at radius 2 is 1.94 bits per heavy atom. The summed E-state index contributed by atoms with van der Waals surface area (Å²) in [6, 6.07) is 21.3. The highest BCUT2D eigenvalue weighted by molar-refractivity contribution is 5.95. The van der Waals surface area contributed by atoms with Crippen LogP contribution in [0.4, 0.5) is 16.4 Å². The summed E-state index contributed by atoms with van der Waals surface area (Å²) >= 11 is 0. The van der Waals surface area contributed by atoms with Crippen molar-refractivity contribution in [1.29, 1.82) is 5.26 Å². The third kappa shape index (κ3) is 5.08. The van der Waals surface area contributed by atoms with Gasteiger partial charge in [-0.3, -0.25) is 9.69 Å². The van der Waals surface area contributed by atoms with E-state index in [0.717, 1.165) is 16.7 Å². The summed E-state index contributed by atoms with van der Waals surface area (Å²) in [6.07, 6.45) is -0.0757. The van der Waals surface area contributed by atoms with Gasteiger partial charge in [0.15, 0.2) is 18.2 Å². The highest BCUT2D eigenvalue weighted by Crippen LogP contribution is 2.30. The minimum atomic E-state index is -0.460. The lowest BCUT2D eigenvalue weighted by Crippen LogP contribution is -2.29. The standard InChI is InChI=1S/C26H23N5O4/c27-13-17-3-1-5-19(11-17)20-6-2-4-18(12-20)14-28-10-9-21-15-31(26(33)35-21)23-8-7-22-25(29-23)30-24(32)16-34-22/h1-8,11-12,21,28H,9-10,14-16H2,(H,29,30,32)/t21-/m0/s1. The number of carbonyl (C=O) groups is 2. The molecule has 0 aliphatic carbocycles. The van der Waals surface area contributed by atoms with E-state index in [-0.39, 0.29) is 18.6 Å². The van der Waals surface area contributed by atoms with Gasteiger partial charge in [-0.05, 0) is 60.0 Å². The lowest BCUT2D eigenvalue weighted by molar-refractivity contribution is -0.118. The number of carbonyl (C=O) groups excluding carboxylic acids is 2. The van der Waals surface area contributed by atoms with Gasteiger partial charge >= 0.3 is 6.09 Å². The molecule has 2 N–H and O–H groups in total. The second-order valence-corrected chi connectivity index (χ2v) is 8.33. The molecule has 3 heterocycles. The van der Waals surface area contributed by atoms with E-state index in [4.69, 9.17) is 14.7 Å². The maximum absolute atomic E-state index is 12.4. The van der Waals surface area contributed by atoms with Crippen LogP contribution in [0.3, 0.4) is 0 Å². The Kier molecular flexibility index (Phi) is 6.28. The molecular formula is C26H23N5O4. The molecule has 1 fully saturated rings. The molecule has 0 saturated carbocycles. The van der Waals surface area contributed by atoms with E-state index in [1.807, 2.05) is 36.4 Å². The van der Waals surface area contributed by atoms with Crippen LogP contribution in [0.15, 0.2) is 60.7 Å². The van der Waals surface area contributed by atoms with Crippen LogP contribution in [-0.2, 0) is 16.1 Å². The predicted molar refractivity (Wildman–Crippen MR) is 129 cm³/mol. The molecule has 35 heavy (non-hydrogen) atoms. The molecule has 9 nitrogen and oxygen atoms in total. The first kappa shape index (κ1) is 22.4. The van der Waals surface area contributed by atoms with Gasteiger partial charge in [-0.1, -0.05) is 30.3 Å². The van der Waals surface area contributed by atoms with Crippen molar-refractivity contribution in [3.63, 3.8) is 0 Å². The number of rotatable bonds is 7. The molecule has 1 saturated heterocycles. The average molecular weight is 470 g/mol. The van der Waals surface area contributed by atoms with Crippen molar-refractivity contribution in [2.75, 3.05) is 29.9 Å². The number of pyridine rings is 1. The highest BCUT2D eigenvalue weighted by Gasteiger charge is 2.33. The first-order valence-corrected chi connectivity index (χ1v) is 11.3. The van der Waals surface area contributed by atoms with Crippen LogP contribution >= 0.6 is 0 Å². The summed E-state index contributed by atoms with van der Waals surface area (Å²) < 4.78 is 10.8. The van der Waals surface area contributed by atoms with Crippen LogP contribution in [0, 0.1) is 11.3 Å². The number of benzene rings is 2. The summed E-state index contributed by atoms with van der Waals surface area (Å²) in [7, 11) is 0. The van der Waals surface area contributed by atoms with E-state index in [1.165, 1.54) is 4.90 Å². The summed E-state index contributed by atoms with van der Waals surface area (Å²) in [4.78, 5) is 29.7. The van der Waals surface area contributed by atoms with Crippen LogP contribution in [0.5, 0.6) is 5.75 Å². The maximum atomic E-state index is 12.4. The molecule has 9 heteroatoms. The van der Waals surface area contributed by atoms with E-state index in [9.17, 15) is 9.59 Å². The number of fused-ring (bicyclic) bond motifs is 1. The number of nitrogens with zero attached hydrogens (tertiary/aromatic N) is 3. The molecule has 2 aliphatic rings. The Bertz CT molecular complexity index is 1320. The molecule has 0 bridgehead atoms. The third-order valence-corrected chi connectivity index (χ3v) is 5.83. The molecule has 2 amide bonds. The van der Waals surface area contributed by atoms with Crippen LogP contribution in [0.2, 0.25) is 0 Å². The molecule has 1 aromatic heterocycles. The fourth-order valence-electron chi connectivity index (χ4n) is 4.09. The molecule has 0 spiro atoms.